The molecular weight excluding hydrogens is 208 g/mol. The summed E-state index contributed by atoms with van der Waals surface area (Å²) >= 11 is 1.83. The lowest BCUT2D eigenvalue weighted by Gasteiger charge is -2.11. The molecule has 2 heterocycles. The van der Waals surface area contributed by atoms with Crippen molar-refractivity contribution in [2.75, 3.05) is 24.8 Å². The second kappa shape index (κ2) is 5.37. The molecule has 1 aliphatic heterocycles. The van der Waals surface area contributed by atoms with Crippen molar-refractivity contribution in [3.63, 3.8) is 0 Å². The minimum absolute atomic E-state index is 0.432. The molecule has 1 aliphatic rings. The lowest BCUT2D eigenvalue weighted by Crippen LogP contribution is -2.19. The number of nitrogens with zero attached hydrogens (tertiary/aromatic N) is 1. The standard InChI is InChI=1S/C11H16N2OS/c1-15-8-9-2-4-12-11(6-9)13-10-3-5-14-7-10/h2,4,6,10H,3,5,7-8H2,1H3,(H,12,13). The summed E-state index contributed by atoms with van der Waals surface area (Å²) in [5, 5.41) is 3.39. The molecule has 0 saturated carbocycles. The maximum atomic E-state index is 5.31. The van der Waals surface area contributed by atoms with Crippen molar-refractivity contribution < 1.29 is 4.74 Å². The van der Waals surface area contributed by atoms with Crippen LogP contribution in [0.2, 0.25) is 0 Å². The summed E-state index contributed by atoms with van der Waals surface area (Å²) in [4.78, 5) is 4.31. The van der Waals surface area contributed by atoms with Gasteiger partial charge in [-0.2, -0.15) is 11.8 Å². The topological polar surface area (TPSA) is 34.2 Å². The van der Waals surface area contributed by atoms with Gasteiger partial charge in [0.05, 0.1) is 12.6 Å². The van der Waals surface area contributed by atoms with Gasteiger partial charge >= 0.3 is 0 Å². The first-order valence-corrected chi connectivity index (χ1v) is 6.56. The van der Waals surface area contributed by atoms with Crippen LogP contribution in [-0.2, 0) is 10.5 Å². The lowest BCUT2D eigenvalue weighted by atomic mass is 10.2. The van der Waals surface area contributed by atoms with E-state index >= 15 is 0 Å². The van der Waals surface area contributed by atoms with Gasteiger partial charge in [0.2, 0.25) is 0 Å². The van der Waals surface area contributed by atoms with Gasteiger partial charge in [-0.15, -0.1) is 0 Å². The molecule has 0 radical (unpaired) electrons. The van der Waals surface area contributed by atoms with Crippen LogP contribution in [0.1, 0.15) is 12.0 Å². The largest absolute Gasteiger partial charge is 0.379 e. The third-order valence-corrected chi connectivity index (χ3v) is 3.04. The van der Waals surface area contributed by atoms with Gasteiger partial charge in [-0.1, -0.05) is 0 Å². The van der Waals surface area contributed by atoms with Crippen LogP contribution in [0.4, 0.5) is 5.82 Å². The second-order valence-electron chi connectivity index (χ2n) is 3.69. The quantitative estimate of drug-likeness (QED) is 0.849. The molecule has 1 saturated heterocycles. The van der Waals surface area contributed by atoms with Gasteiger partial charge < -0.3 is 10.1 Å². The lowest BCUT2D eigenvalue weighted by molar-refractivity contribution is 0.195. The number of pyridine rings is 1. The summed E-state index contributed by atoms with van der Waals surface area (Å²) in [6, 6.07) is 4.61. The Bertz CT molecular complexity index is 313. The molecular formula is C11H16N2OS. The molecule has 4 heteroatoms. The SMILES string of the molecule is CSCc1ccnc(NC2CCOC2)c1. The molecule has 1 fully saturated rings. The van der Waals surface area contributed by atoms with E-state index in [9.17, 15) is 0 Å². The van der Waals surface area contributed by atoms with Crippen LogP contribution < -0.4 is 5.32 Å². The summed E-state index contributed by atoms with van der Waals surface area (Å²) in [6.45, 7) is 1.66. The first kappa shape index (κ1) is 10.8. The molecule has 1 atom stereocenters. The van der Waals surface area contributed by atoms with Crippen LogP contribution in [0.15, 0.2) is 18.3 Å². The Labute approximate surface area is 94.6 Å². The molecule has 1 aromatic rings. The highest BCUT2D eigenvalue weighted by molar-refractivity contribution is 7.97. The number of aromatic nitrogens is 1. The monoisotopic (exact) mass is 224 g/mol. The van der Waals surface area contributed by atoms with Crippen LogP contribution in [0.3, 0.4) is 0 Å². The van der Waals surface area contributed by atoms with E-state index in [0.717, 1.165) is 31.2 Å². The number of hydrogen-bond acceptors (Lipinski definition) is 4. The highest BCUT2D eigenvalue weighted by Crippen LogP contribution is 2.15. The van der Waals surface area contributed by atoms with E-state index in [2.05, 4.69) is 28.7 Å². The summed E-state index contributed by atoms with van der Waals surface area (Å²) in [6.07, 6.45) is 5.05. The van der Waals surface area contributed by atoms with Crippen molar-refractivity contribution >= 4 is 17.6 Å². The molecule has 1 N–H and O–H groups in total. The fourth-order valence-corrected chi connectivity index (χ4v) is 2.18. The molecule has 3 nitrogen and oxygen atoms in total. The molecule has 1 unspecified atom stereocenters. The van der Waals surface area contributed by atoms with Gasteiger partial charge in [-0.25, -0.2) is 4.98 Å². The Kier molecular flexibility index (Phi) is 3.86. The van der Waals surface area contributed by atoms with Crippen LogP contribution in [0.25, 0.3) is 0 Å². The number of rotatable bonds is 4. The summed E-state index contributed by atoms with van der Waals surface area (Å²) < 4.78 is 5.31. The highest BCUT2D eigenvalue weighted by Gasteiger charge is 2.15. The fourth-order valence-electron chi connectivity index (χ4n) is 1.67. The third-order valence-electron chi connectivity index (χ3n) is 2.42. The van der Waals surface area contributed by atoms with Crippen molar-refractivity contribution in [3.05, 3.63) is 23.9 Å². The number of nitrogens with one attached hydrogen (secondary N) is 1. The maximum Gasteiger partial charge on any atom is 0.126 e. The Hall–Kier alpha value is -0.740. The molecule has 0 spiro atoms. The molecule has 15 heavy (non-hydrogen) atoms. The number of thioether (sulfide) groups is 1. The average Bonchev–Trinajstić information content (AvgIpc) is 2.71. The Morgan fingerprint density at radius 3 is 3.33 bits per heavy atom. The van der Waals surface area contributed by atoms with Gasteiger partial charge in [0, 0.05) is 18.6 Å². The fraction of sp³-hybridized carbons (Fsp3) is 0.545. The maximum absolute atomic E-state index is 5.31. The number of anilines is 1. The molecule has 0 aromatic carbocycles. The normalized spacial score (nSPS) is 20.5. The van der Waals surface area contributed by atoms with E-state index in [4.69, 9.17) is 4.74 Å². The average molecular weight is 224 g/mol. The Morgan fingerprint density at radius 1 is 1.67 bits per heavy atom. The van der Waals surface area contributed by atoms with Crippen LogP contribution in [-0.4, -0.2) is 30.5 Å². The van der Waals surface area contributed by atoms with Crippen molar-refractivity contribution in [1.82, 2.24) is 4.98 Å². The third kappa shape index (κ3) is 3.11. The van der Waals surface area contributed by atoms with E-state index in [-0.39, 0.29) is 0 Å². The molecule has 2 rings (SSSR count). The predicted molar refractivity (Wildman–Crippen MR) is 64.3 cm³/mol. The smallest absolute Gasteiger partial charge is 0.126 e. The van der Waals surface area contributed by atoms with E-state index in [1.165, 1.54) is 5.56 Å². The predicted octanol–water partition coefficient (Wildman–Crippen LogP) is 2.15. The first-order valence-electron chi connectivity index (χ1n) is 5.16. The minimum Gasteiger partial charge on any atom is -0.379 e. The van der Waals surface area contributed by atoms with E-state index in [1.807, 2.05) is 18.0 Å². The van der Waals surface area contributed by atoms with Crippen molar-refractivity contribution in [2.45, 2.75) is 18.2 Å². The van der Waals surface area contributed by atoms with Gasteiger partial charge in [0.15, 0.2) is 0 Å². The van der Waals surface area contributed by atoms with Gasteiger partial charge in [-0.3, -0.25) is 0 Å². The van der Waals surface area contributed by atoms with Crippen LogP contribution >= 0.6 is 11.8 Å². The summed E-state index contributed by atoms with van der Waals surface area (Å²) in [5.74, 6) is 2.01. The van der Waals surface area contributed by atoms with Crippen molar-refractivity contribution in [1.29, 1.82) is 0 Å². The van der Waals surface area contributed by atoms with Crippen molar-refractivity contribution in [3.8, 4) is 0 Å². The van der Waals surface area contributed by atoms with Crippen molar-refractivity contribution in [2.24, 2.45) is 0 Å². The number of ether oxygens (including phenoxy) is 1. The Morgan fingerprint density at radius 2 is 2.60 bits per heavy atom. The number of hydrogen-bond donors (Lipinski definition) is 1. The molecule has 0 bridgehead atoms. The zero-order chi connectivity index (χ0) is 10.5. The molecule has 0 aliphatic carbocycles. The highest BCUT2D eigenvalue weighted by atomic mass is 32.2. The molecule has 1 aromatic heterocycles. The van der Waals surface area contributed by atoms with E-state index < -0.39 is 0 Å². The first-order chi connectivity index (χ1) is 7.38. The van der Waals surface area contributed by atoms with Gasteiger partial charge in [0.25, 0.3) is 0 Å². The van der Waals surface area contributed by atoms with Crippen LogP contribution in [0, 0.1) is 0 Å². The summed E-state index contributed by atoms with van der Waals surface area (Å²) in [7, 11) is 0. The molecule has 0 amide bonds. The minimum atomic E-state index is 0.432. The Balaban J connectivity index is 1.97. The summed E-state index contributed by atoms with van der Waals surface area (Å²) in [5.41, 5.74) is 1.32. The van der Waals surface area contributed by atoms with Gasteiger partial charge in [-0.05, 0) is 30.4 Å². The van der Waals surface area contributed by atoms with E-state index in [1.54, 1.807) is 0 Å². The van der Waals surface area contributed by atoms with E-state index in [0.29, 0.717) is 6.04 Å². The zero-order valence-electron chi connectivity index (χ0n) is 8.90. The second-order valence-corrected chi connectivity index (χ2v) is 4.55. The molecule has 82 valence electrons. The van der Waals surface area contributed by atoms with Gasteiger partial charge in [0.1, 0.15) is 5.82 Å². The van der Waals surface area contributed by atoms with Crippen LogP contribution in [0.5, 0.6) is 0 Å². The zero-order valence-corrected chi connectivity index (χ0v) is 9.72.